The van der Waals surface area contributed by atoms with Gasteiger partial charge in [-0.25, -0.2) is 4.79 Å². The van der Waals surface area contributed by atoms with Crippen molar-refractivity contribution in [2.24, 2.45) is 0 Å². The molecule has 0 spiro atoms. The number of aliphatic carboxylic acids is 1. The molecule has 0 saturated heterocycles. The van der Waals surface area contributed by atoms with Crippen LogP contribution in [-0.2, 0) is 4.79 Å². The van der Waals surface area contributed by atoms with E-state index in [0.29, 0.717) is 21.6 Å². The minimum Gasteiger partial charge on any atom is -0.479 e. The molecule has 2 N–H and O–H groups in total. The molecule has 0 bridgehead atoms. The molecule has 1 heterocycles. The second kappa shape index (κ2) is 5.59. The van der Waals surface area contributed by atoms with Crippen molar-refractivity contribution in [2.75, 3.05) is 5.32 Å². The van der Waals surface area contributed by atoms with Gasteiger partial charge in [-0.15, -0.1) is 12.6 Å². The molecule has 0 radical (unpaired) electrons. The standard InChI is InChI=1S/C13H12ClNO3S/c1-7-5-10(19)18-12(7)11(13(16)17)15-9-4-2-3-8(14)6-9/h2-6,11,15,19H,1H3,(H,16,17). The molecule has 0 amide bonds. The number of hydrogen-bond acceptors (Lipinski definition) is 4. The summed E-state index contributed by atoms with van der Waals surface area (Å²) in [5, 5.41) is 13.1. The van der Waals surface area contributed by atoms with Crippen molar-refractivity contribution in [3.63, 3.8) is 0 Å². The van der Waals surface area contributed by atoms with Gasteiger partial charge in [-0.3, -0.25) is 0 Å². The molecule has 4 nitrogen and oxygen atoms in total. The van der Waals surface area contributed by atoms with Crippen LogP contribution in [0.25, 0.3) is 0 Å². The highest BCUT2D eigenvalue weighted by atomic mass is 35.5. The van der Waals surface area contributed by atoms with Gasteiger partial charge in [0, 0.05) is 10.7 Å². The Morgan fingerprint density at radius 1 is 1.47 bits per heavy atom. The summed E-state index contributed by atoms with van der Waals surface area (Å²) in [7, 11) is 0. The van der Waals surface area contributed by atoms with Gasteiger partial charge in [0.1, 0.15) is 5.76 Å². The molecule has 1 aromatic heterocycles. The van der Waals surface area contributed by atoms with Gasteiger partial charge < -0.3 is 14.8 Å². The maximum atomic E-state index is 11.4. The number of carbonyl (C=O) groups is 1. The molecule has 2 aromatic rings. The van der Waals surface area contributed by atoms with Crippen LogP contribution in [0.4, 0.5) is 5.69 Å². The largest absolute Gasteiger partial charge is 0.479 e. The fourth-order valence-corrected chi connectivity index (χ4v) is 2.23. The number of halogens is 1. The van der Waals surface area contributed by atoms with Gasteiger partial charge in [-0.1, -0.05) is 17.7 Å². The quantitative estimate of drug-likeness (QED) is 0.752. The van der Waals surface area contributed by atoms with Crippen molar-refractivity contribution in [1.82, 2.24) is 0 Å². The summed E-state index contributed by atoms with van der Waals surface area (Å²) in [6.45, 7) is 1.77. The summed E-state index contributed by atoms with van der Waals surface area (Å²) in [5.41, 5.74) is 1.34. The number of thiol groups is 1. The van der Waals surface area contributed by atoms with Crippen LogP contribution < -0.4 is 5.32 Å². The van der Waals surface area contributed by atoms with Crippen molar-refractivity contribution >= 4 is 35.9 Å². The van der Waals surface area contributed by atoms with Crippen LogP contribution in [-0.4, -0.2) is 11.1 Å². The van der Waals surface area contributed by atoms with Crippen LogP contribution in [0.15, 0.2) is 39.8 Å². The van der Waals surface area contributed by atoms with E-state index in [4.69, 9.17) is 16.0 Å². The molecule has 1 aromatic carbocycles. The highest BCUT2D eigenvalue weighted by Gasteiger charge is 2.25. The zero-order valence-electron chi connectivity index (χ0n) is 10.1. The Labute approximate surface area is 120 Å². The van der Waals surface area contributed by atoms with Gasteiger partial charge in [-0.2, -0.15) is 0 Å². The highest BCUT2D eigenvalue weighted by molar-refractivity contribution is 7.80. The first kappa shape index (κ1) is 13.8. The van der Waals surface area contributed by atoms with Crippen LogP contribution in [0, 0.1) is 6.92 Å². The fraction of sp³-hybridized carbons (Fsp3) is 0.154. The molecule has 0 fully saturated rings. The predicted octanol–water partition coefficient (Wildman–Crippen LogP) is 3.77. The maximum absolute atomic E-state index is 11.4. The summed E-state index contributed by atoms with van der Waals surface area (Å²) in [6.07, 6.45) is 0. The Morgan fingerprint density at radius 3 is 2.74 bits per heavy atom. The Kier molecular flexibility index (Phi) is 4.07. The Balaban J connectivity index is 2.32. The van der Waals surface area contributed by atoms with E-state index < -0.39 is 12.0 Å². The van der Waals surface area contributed by atoms with Gasteiger partial charge in [0.15, 0.2) is 11.1 Å². The van der Waals surface area contributed by atoms with E-state index >= 15 is 0 Å². The fourth-order valence-electron chi connectivity index (χ4n) is 1.75. The molecule has 1 unspecified atom stereocenters. The maximum Gasteiger partial charge on any atom is 0.334 e. The van der Waals surface area contributed by atoms with Crippen LogP contribution in [0.1, 0.15) is 17.4 Å². The second-order valence-corrected chi connectivity index (χ2v) is 4.94. The van der Waals surface area contributed by atoms with E-state index in [1.165, 1.54) is 0 Å². The highest BCUT2D eigenvalue weighted by Crippen LogP contribution is 2.28. The smallest absolute Gasteiger partial charge is 0.334 e. The zero-order chi connectivity index (χ0) is 14.0. The van der Waals surface area contributed by atoms with Crippen molar-refractivity contribution in [2.45, 2.75) is 18.1 Å². The van der Waals surface area contributed by atoms with Crippen LogP contribution in [0.2, 0.25) is 5.02 Å². The number of rotatable bonds is 4. The number of carboxylic acids is 1. The lowest BCUT2D eigenvalue weighted by Crippen LogP contribution is -2.20. The second-order valence-electron chi connectivity index (χ2n) is 4.06. The Hall–Kier alpha value is -1.59. The average Bonchev–Trinajstić information content (AvgIpc) is 2.65. The normalized spacial score (nSPS) is 12.2. The lowest BCUT2D eigenvalue weighted by atomic mass is 10.1. The first-order chi connectivity index (χ1) is 8.97. The topological polar surface area (TPSA) is 62.5 Å². The van der Waals surface area contributed by atoms with Gasteiger partial charge in [0.2, 0.25) is 0 Å². The molecular formula is C13H12ClNO3S. The number of benzene rings is 1. The first-order valence-electron chi connectivity index (χ1n) is 5.51. The summed E-state index contributed by atoms with van der Waals surface area (Å²) in [5.74, 6) is -0.705. The Morgan fingerprint density at radius 2 is 2.21 bits per heavy atom. The van der Waals surface area contributed by atoms with Gasteiger partial charge in [-0.05, 0) is 36.8 Å². The lowest BCUT2D eigenvalue weighted by Gasteiger charge is -2.14. The monoisotopic (exact) mass is 297 g/mol. The SMILES string of the molecule is Cc1cc(S)oc1C(Nc1cccc(Cl)c1)C(=O)O. The van der Waals surface area contributed by atoms with E-state index in [2.05, 4.69) is 17.9 Å². The van der Waals surface area contributed by atoms with E-state index in [0.717, 1.165) is 5.56 Å². The molecule has 6 heteroatoms. The summed E-state index contributed by atoms with van der Waals surface area (Å²) in [4.78, 5) is 11.4. The number of anilines is 1. The molecule has 100 valence electrons. The molecule has 2 rings (SSSR count). The van der Waals surface area contributed by atoms with Crippen LogP contribution >= 0.6 is 24.2 Å². The van der Waals surface area contributed by atoms with Crippen molar-refractivity contribution in [1.29, 1.82) is 0 Å². The third-order valence-corrected chi connectivity index (χ3v) is 3.04. The summed E-state index contributed by atoms with van der Waals surface area (Å²) < 4.78 is 5.33. The molecule has 0 aliphatic heterocycles. The van der Waals surface area contributed by atoms with E-state index in [1.54, 1.807) is 37.3 Å². The molecule has 19 heavy (non-hydrogen) atoms. The van der Waals surface area contributed by atoms with Crippen molar-refractivity contribution in [3.05, 3.63) is 46.7 Å². The molecule has 0 aliphatic carbocycles. The third-order valence-electron chi connectivity index (χ3n) is 2.59. The molecule has 0 saturated carbocycles. The van der Waals surface area contributed by atoms with E-state index in [1.807, 2.05) is 0 Å². The van der Waals surface area contributed by atoms with Gasteiger partial charge in [0.25, 0.3) is 0 Å². The number of nitrogens with one attached hydrogen (secondary N) is 1. The average molecular weight is 298 g/mol. The van der Waals surface area contributed by atoms with Crippen LogP contribution in [0.3, 0.4) is 0 Å². The first-order valence-corrected chi connectivity index (χ1v) is 6.34. The minimum absolute atomic E-state index is 0.331. The van der Waals surface area contributed by atoms with Gasteiger partial charge >= 0.3 is 5.97 Å². The molecular weight excluding hydrogens is 286 g/mol. The minimum atomic E-state index is -1.04. The van der Waals surface area contributed by atoms with E-state index in [-0.39, 0.29) is 0 Å². The van der Waals surface area contributed by atoms with Crippen molar-refractivity contribution < 1.29 is 14.3 Å². The Bertz CT molecular complexity index is 612. The number of hydrogen-bond donors (Lipinski definition) is 3. The molecule has 1 atom stereocenters. The summed E-state index contributed by atoms with van der Waals surface area (Å²) >= 11 is 9.94. The number of carboxylic acid groups (broad SMARTS) is 1. The summed E-state index contributed by atoms with van der Waals surface area (Å²) in [6, 6.07) is 7.53. The predicted molar refractivity (Wildman–Crippen MR) is 76.1 cm³/mol. The van der Waals surface area contributed by atoms with Crippen LogP contribution in [0.5, 0.6) is 0 Å². The van der Waals surface area contributed by atoms with Crippen molar-refractivity contribution in [3.8, 4) is 0 Å². The third kappa shape index (κ3) is 3.24. The number of furan rings is 1. The lowest BCUT2D eigenvalue weighted by molar-refractivity contribution is -0.138. The number of aryl methyl sites for hydroxylation is 1. The van der Waals surface area contributed by atoms with Gasteiger partial charge in [0.05, 0.1) is 0 Å². The molecule has 0 aliphatic rings. The van der Waals surface area contributed by atoms with E-state index in [9.17, 15) is 9.90 Å². The zero-order valence-corrected chi connectivity index (χ0v) is 11.7.